The number of anilines is 1. The number of hydrogen-bond acceptors (Lipinski definition) is 4. The maximum atomic E-state index is 14.3. The van der Waals surface area contributed by atoms with E-state index in [1.807, 2.05) is 25.1 Å². The lowest BCUT2D eigenvalue weighted by atomic mass is 9.97. The van der Waals surface area contributed by atoms with Gasteiger partial charge >= 0.3 is 0 Å². The molecule has 0 bridgehead atoms. The average Bonchev–Trinajstić information content (AvgIpc) is 2.69. The van der Waals surface area contributed by atoms with Gasteiger partial charge < -0.3 is 16.1 Å². The van der Waals surface area contributed by atoms with E-state index in [0.29, 0.717) is 24.4 Å². The van der Waals surface area contributed by atoms with E-state index in [1.165, 1.54) is 6.07 Å². The molecule has 5 N–H and O–H groups in total. The Balaban J connectivity index is 2.09. The molecule has 3 rings (SSSR count). The van der Waals surface area contributed by atoms with Crippen molar-refractivity contribution in [3.05, 3.63) is 68.5 Å². The van der Waals surface area contributed by atoms with Gasteiger partial charge in [0.05, 0.1) is 22.4 Å². The Morgan fingerprint density at radius 2 is 2.12 bits per heavy atom. The van der Waals surface area contributed by atoms with E-state index in [2.05, 4.69) is 21.2 Å². The van der Waals surface area contributed by atoms with E-state index in [0.717, 1.165) is 21.3 Å². The summed E-state index contributed by atoms with van der Waals surface area (Å²) >= 11 is 9.41. The first kappa shape index (κ1) is 18.0. The van der Waals surface area contributed by atoms with Crippen molar-refractivity contribution in [2.75, 3.05) is 11.9 Å². The number of fused-ring (bicyclic) bond motifs is 1. The number of allylic oxidation sites excluding steroid dienone is 1. The Morgan fingerprint density at radius 1 is 1.36 bits per heavy atom. The largest absolute Gasteiger partial charge is 0.401 e. The van der Waals surface area contributed by atoms with Crippen molar-refractivity contribution in [1.82, 2.24) is 5.01 Å². The van der Waals surface area contributed by atoms with Crippen LogP contribution in [0, 0.1) is 5.82 Å². The maximum Gasteiger partial charge on any atom is 0.164 e. The molecule has 0 radical (unpaired) electrons. The Labute approximate surface area is 159 Å². The smallest absolute Gasteiger partial charge is 0.164 e. The summed E-state index contributed by atoms with van der Waals surface area (Å²) in [6.45, 7) is 2.40. The Morgan fingerprint density at radius 3 is 2.84 bits per heavy atom. The molecule has 2 aromatic carbocycles. The third kappa shape index (κ3) is 3.61. The molecule has 132 valence electrons. The highest BCUT2D eigenvalue weighted by atomic mass is 79.9. The number of hydrazine groups is 1. The van der Waals surface area contributed by atoms with Crippen LogP contribution < -0.4 is 16.9 Å². The van der Waals surface area contributed by atoms with E-state index < -0.39 is 5.82 Å². The number of halogens is 3. The zero-order valence-electron chi connectivity index (χ0n) is 13.7. The first-order valence-electron chi connectivity index (χ1n) is 7.87. The van der Waals surface area contributed by atoms with Crippen LogP contribution in [0.15, 0.2) is 46.6 Å². The highest BCUT2D eigenvalue weighted by Crippen LogP contribution is 2.37. The summed E-state index contributed by atoms with van der Waals surface area (Å²) in [4.78, 5) is 0. The summed E-state index contributed by atoms with van der Waals surface area (Å²) < 4.78 is 15.3. The summed E-state index contributed by atoms with van der Waals surface area (Å²) in [6.07, 6.45) is 0.683. The maximum absolute atomic E-state index is 14.3. The zero-order valence-corrected chi connectivity index (χ0v) is 16.0. The van der Waals surface area contributed by atoms with Crippen molar-refractivity contribution in [3.8, 4) is 0 Å². The van der Waals surface area contributed by atoms with Crippen LogP contribution in [-0.2, 0) is 0 Å². The summed E-state index contributed by atoms with van der Waals surface area (Å²) in [5, 5.41) is 5.01. The molecule has 0 fully saturated rings. The van der Waals surface area contributed by atoms with Gasteiger partial charge in [-0.3, -0.25) is 0 Å². The monoisotopic (exact) mass is 424 g/mol. The fourth-order valence-corrected chi connectivity index (χ4v) is 3.67. The third-order valence-corrected chi connectivity index (χ3v) is 5.03. The third-order valence-electron chi connectivity index (χ3n) is 4.24. The van der Waals surface area contributed by atoms with Gasteiger partial charge in [-0.25, -0.2) is 10.2 Å². The molecule has 7 heteroatoms. The second-order valence-electron chi connectivity index (χ2n) is 6.04. The number of nitrogens with two attached hydrogens (primary N) is 2. The van der Waals surface area contributed by atoms with E-state index >= 15 is 0 Å². The molecular formula is C18H19BrClFN4. The molecule has 4 nitrogen and oxygen atoms in total. The lowest BCUT2D eigenvalue weighted by Gasteiger charge is -2.22. The van der Waals surface area contributed by atoms with Gasteiger partial charge in [-0.05, 0) is 43.2 Å². The standard InChI is InChI=1S/C18H19BrClFN4/c1-10(22)18-12-6-5-11(19)9-13(12)15(7-8-25(18)23)24-16-4-2-3-14(20)17(16)21/h2-6,9,15,24H,7-8,22-23H2,1H3/b18-10-. The van der Waals surface area contributed by atoms with Crippen LogP contribution in [0.3, 0.4) is 0 Å². The lowest BCUT2D eigenvalue weighted by molar-refractivity contribution is 0.401. The Kier molecular flexibility index (Phi) is 5.22. The minimum Gasteiger partial charge on any atom is -0.401 e. The molecule has 1 heterocycles. The molecule has 1 aliphatic rings. The van der Waals surface area contributed by atoms with Gasteiger partial charge in [0.1, 0.15) is 0 Å². The topological polar surface area (TPSA) is 67.3 Å². The second-order valence-corrected chi connectivity index (χ2v) is 7.37. The van der Waals surface area contributed by atoms with Gasteiger partial charge in [-0.2, -0.15) is 0 Å². The van der Waals surface area contributed by atoms with Crippen molar-refractivity contribution < 1.29 is 4.39 Å². The van der Waals surface area contributed by atoms with Crippen LogP contribution in [0.4, 0.5) is 10.1 Å². The van der Waals surface area contributed by atoms with Gasteiger partial charge in [-0.1, -0.05) is 39.7 Å². The van der Waals surface area contributed by atoms with Crippen molar-refractivity contribution in [3.63, 3.8) is 0 Å². The predicted octanol–water partition coefficient (Wildman–Crippen LogP) is 4.62. The molecule has 0 saturated carbocycles. The van der Waals surface area contributed by atoms with Crippen molar-refractivity contribution in [2.45, 2.75) is 19.4 Å². The predicted molar refractivity (Wildman–Crippen MR) is 104 cm³/mol. The minimum absolute atomic E-state index is 0.0897. The highest BCUT2D eigenvalue weighted by Gasteiger charge is 2.26. The van der Waals surface area contributed by atoms with Crippen LogP contribution >= 0.6 is 27.5 Å². The van der Waals surface area contributed by atoms with Crippen LogP contribution in [-0.4, -0.2) is 11.6 Å². The molecular weight excluding hydrogens is 407 g/mol. The van der Waals surface area contributed by atoms with E-state index in [4.69, 9.17) is 23.2 Å². The van der Waals surface area contributed by atoms with Crippen molar-refractivity contribution in [2.24, 2.45) is 11.6 Å². The molecule has 0 saturated heterocycles. The number of hydrogen-bond donors (Lipinski definition) is 3. The Bertz CT molecular complexity index is 836. The molecule has 0 aliphatic carbocycles. The average molecular weight is 426 g/mol. The van der Waals surface area contributed by atoms with Gasteiger partial charge in [0.2, 0.25) is 0 Å². The molecule has 0 spiro atoms. The van der Waals surface area contributed by atoms with Crippen LogP contribution in [0.1, 0.15) is 30.5 Å². The van der Waals surface area contributed by atoms with Crippen molar-refractivity contribution in [1.29, 1.82) is 0 Å². The minimum atomic E-state index is -0.458. The fraction of sp³-hybridized carbons (Fsp3) is 0.222. The molecule has 1 unspecified atom stereocenters. The van der Waals surface area contributed by atoms with E-state index in [9.17, 15) is 4.39 Å². The second kappa shape index (κ2) is 7.23. The van der Waals surface area contributed by atoms with Gasteiger partial charge in [0.25, 0.3) is 0 Å². The van der Waals surface area contributed by atoms with Gasteiger partial charge in [0, 0.05) is 22.3 Å². The summed E-state index contributed by atoms with van der Waals surface area (Å²) in [5.41, 5.74) is 9.80. The molecule has 2 aromatic rings. The number of nitrogens with one attached hydrogen (secondary N) is 1. The normalized spacial score (nSPS) is 19.2. The van der Waals surface area contributed by atoms with Gasteiger partial charge in [-0.15, -0.1) is 0 Å². The van der Waals surface area contributed by atoms with Crippen molar-refractivity contribution >= 4 is 38.9 Å². The number of nitrogens with zero attached hydrogens (tertiary/aromatic N) is 1. The first-order valence-corrected chi connectivity index (χ1v) is 9.04. The molecule has 0 aromatic heterocycles. The Hall–Kier alpha value is -1.76. The quantitative estimate of drug-likeness (QED) is 0.614. The molecule has 1 aliphatic heterocycles. The van der Waals surface area contributed by atoms with Crippen LogP contribution in [0.2, 0.25) is 5.02 Å². The molecule has 0 amide bonds. The number of benzene rings is 2. The van der Waals surface area contributed by atoms with E-state index in [1.54, 1.807) is 17.1 Å². The fourth-order valence-electron chi connectivity index (χ4n) is 3.12. The summed E-state index contributed by atoms with van der Waals surface area (Å²) in [5.74, 6) is 5.75. The van der Waals surface area contributed by atoms with Crippen LogP contribution in [0.25, 0.3) is 5.70 Å². The zero-order chi connectivity index (χ0) is 18.1. The molecule has 1 atom stereocenters. The summed E-state index contributed by atoms with van der Waals surface area (Å²) in [7, 11) is 0. The van der Waals surface area contributed by atoms with E-state index in [-0.39, 0.29) is 11.1 Å². The lowest BCUT2D eigenvalue weighted by Crippen LogP contribution is -2.31. The number of rotatable bonds is 2. The summed E-state index contributed by atoms with van der Waals surface area (Å²) in [6, 6.07) is 10.7. The van der Waals surface area contributed by atoms with Crippen LogP contribution in [0.5, 0.6) is 0 Å². The highest BCUT2D eigenvalue weighted by molar-refractivity contribution is 9.10. The SMILES string of the molecule is C/C(N)=C1\c2ccc(Br)cc2C(Nc2cccc(Cl)c2F)CCN1N. The van der Waals surface area contributed by atoms with Gasteiger partial charge in [0.15, 0.2) is 5.82 Å². The molecule has 25 heavy (non-hydrogen) atoms. The first-order chi connectivity index (χ1) is 11.9.